The molecule has 0 fully saturated rings. The summed E-state index contributed by atoms with van der Waals surface area (Å²) in [6, 6.07) is 14.7. The molecule has 2 N–H and O–H groups in total. The van der Waals surface area contributed by atoms with Gasteiger partial charge in [0.15, 0.2) is 5.69 Å². The number of amides is 1. The Kier molecular flexibility index (Phi) is 5.96. The molecule has 5 nitrogen and oxygen atoms in total. The van der Waals surface area contributed by atoms with Gasteiger partial charge in [-0.2, -0.15) is 0 Å². The van der Waals surface area contributed by atoms with Gasteiger partial charge in [-0.1, -0.05) is 42.5 Å². The number of carbonyl (C=O) groups is 2. The van der Waals surface area contributed by atoms with Gasteiger partial charge in [0, 0.05) is 24.8 Å². The fraction of sp³-hybridized carbons (Fsp3) is 0.250. The van der Waals surface area contributed by atoms with Gasteiger partial charge < -0.3 is 10.4 Å². The predicted molar refractivity (Wildman–Crippen MR) is 103 cm³/mol. The van der Waals surface area contributed by atoms with E-state index in [-0.39, 0.29) is 11.6 Å². The molecule has 0 bridgehead atoms. The number of nitrogens with one attached hydrogen (secondary N) is 1. The number of hydrogen-bond acceptors (Lipinski definition) is 4. The monoisotopic (exact) mass is 368 g/mol. The lowest BCUT2D eigenvalue weighted by Gasteiger charge is -2.05. The molecular weight excluding hydrogens is 348 g/mol. The van der Waals surface area contributed by atoms with E-state index in [4.69, 9.17) is 5.11 Å². The Hall–Kier alpha value is -2.73. The van der Waals surface area contributed by atoms with Gasteiger partial charge in [0.05, 0.1) is 5.01 Å². The van der Waals surface area contributed by atoms with Crippen molar-refractivity contribution < 1.29 is 14.7 Å². The topological polar surface area (TPSA) is 79.3 Å². The standard InChI is InChI=1S/C20H20N2O3S/c23-18(21-11-10-19-22-17(13-26-19)20(24)25)7-3-4-14-8-9-15-5-1-2-6-16(15)12-14/h1-2,5-6,8-9,12-13H,3-4,7,10-11H2,(H,21,23)(H,24,25). The number of carboxylic acids is 1. The van der Waals surface area contributed by atoms with E-state index < -0.39 is 5.97 Å². The maximum absolute atomic E-state index is 11.9. The highest BCUT2D eigenvalue weighted by Gasteiger charge is 2.09. The SMILES string of the molecule is O=C(CCCc1ccc2ccccc2c1)NCCc1nc(C(=O)O)cs1. The first-order chi connectivity index (χ1) is 12.6. The first-order valence-corrected chi connectivity index (χ1v) is 9.42. The highest BCUT2D eigenvalue weighted by Crippen LogP contribution is 2.17. The van der Waals surface area contributed by atoms with E-state index in [1.165, 1.54) is 33.1 Å². The smallest absolute Gasteiger partial charge is 0.355 e. The number of thiazole rings is 1. The molecular formula is C20H20N2O3S. The van der Waals surface area contributed by atoms with Crippen molar-refractivity contribution in [1.29, 1.82) is 0 Å². The molecule has 3 rings (SSSR count). The normalized spacial score (nSPS) is 10.8. The average Bonchev–Trinajstić information content (AvgIpc) is 3.11. The summed E-state index contributed by atoms with van der Waals surface area (Å²) >= 11 is 1.30. The van der Waals surface area contributed by atoms with Crippen LogP contribution in [-0.4, -0.2) is 28.5 Å². The maximum Gasteiger partial charge on any atom is 0.355 e. The predicted octanol–water partition coefficient (Wildman–Crippen LogP) is 3.68. The molecule has 26 heavy (non-hydrogen) atoms. The molecule has 1 amide bonds. The molecule has 2 aromatic carbocycles. The van der Waals surface area contributed by atoms with E-state index in [1.807, 2.05) is 12.1 Å². The number of carbonyl (C=O) groups excluding carboxylic acids is 1. The average molecular weight is 368 g/mol. The lowest BCUT2D eigenvalue weighted by molar-refractivity contribution is -0.121. The van der Waals surface area contributed by atoms with Gasteiger partial charge in [0.1, 0.15) is 0 Å². The highest BCUT2D eigenvalue weighted by atomic mass is 32.1. The Labute approximate surface area is 155 Å². The van der Waals surface area contributed by atoms with Gasteiger partial charge in [-0.3, -0.25) is 4.79 Å². The Morgan fingerprint density at radius 3 is 2.65 bits per heavy atom. The van der Waals surface area contributed by atoms with Crippen LogP contribution in [0.2, 0.25) is 0 Å². The Bertz CT molecular complexity index is 920. The van der Waals surface area contributed by atoms with Gasteiger partial charge in [-0.25, -0.2) is 9.78 Å². The number of fused-ring (bicyclic) bond motifs is 1. The zero-order valence-corrected chi connectivity index (χ0v) is 15.1. The zero-order chi connectivity index (χ0) is 18.4. The summed E-state index contributed by atoms with van der Waals surface area (Å²) < 4.78 is 0. The van der Waals surface area contributed by atoms with Gasteiger partial charge in [0.25, 0.3) is 0 Å². The Balaban J connectivity index is 1.38. The van der Waals surface area contributed by atoms with E-state index in [0.717, 1.165) is 17.8 Å². The Morgan fingerprint density at radius 1 is 1.08 bits per heavy atom. The second-order valence-electron chi connectivity index (χ2n) is 6.07. The van der Waals surface area contributed by atoms with Crippen molar-refractivity contribution in [3.63, 3.8) is 0 Å². The lowest BCUT2D eigenvalue weighted by Crippen LogP contribution is -2.25. The van der Waals surface area contributed by atoms with E-state index in [2.05, 4.69) is 40.6 Å². The van der Waals surface area contributed by atoms with Crippen molar-refractivity contribution in [1.82, 2.24) is 10.3 Å². The van der Waals surface area contributed by atoms with Crippen LogP contribution >= 0.6 is 11.3 Å². The minimum Gasteiger partial charge on any atom is -0.476 e. The van der Waals surface area contributed by atoms with Crippen LogP contribution in [0.1, 0.15) is 33.9 Å². The molecule has 0 atom stereocenters. The van der Waals surface area contributed by atoms with Crippen LogP contribution in [0.4, 0.5) is 0 Å². The van der Waals surface area contributed by atoms with Crippen molar-refractivity contribution >= 4 is 34.0 Å². The van der Waals surface area contributed by atoms with Crippen molar-refractivity contribution in [2.45, 2.75) is 25.7 Å². The van der Waals surface area contributed by atoms with E-state index in [0.29, 0.717) is 19.4 Å². The fourth-order valence-electron chi connectivity index (χ4n) is 2.77. The van der Waals surface area contributed by atoms with Gasteiger partial charge in [0.2, 0.25) is 5.91 Å². The third-order valence-electron chi connectivity index (χ3n) is 4.12. The summed E-state index contributed by atoms with van der Waals surface area (Å²) in [6.45, 7) is 0.474. The van der Waals surface area contributed by atoms with Crippen LogP contribution in [-0.2, 0) is 17.6 Å². The molecule has 0 aliphatic heterocycles. The van der Waals surface area contributed by atoms with Crippen LogP contribution < -0.4 is 5.32 Å². The molecule has 0 aliphatic rings. The quantitative estimate of drug-likeness (QED) is 0.636. The summed E-state index contributed by atoms with van der Waals surface area (Å²) in [5.74, 6) is -1.01. The lowest BCUT2D eigenvalue weighted by atomic mass is 10.0. The molecule has 134 valence electrons. The molecule has 0 radical (unpaired) electrons. The second-order valence-corrected chi connectivity index (χ2v) is 7.01. The van der Waals surface area contributed by atoms with Crippen molar-refractivity contribution in [2.24, 2.45) is 0 Å². The van der Waals surface area contributed by atoms with E-state index in [1.54, 1.807) is 0 Å². The van der Waals surface area contributed by atoms with Crippen molar-refractivity contribution in [2.75, 3.05) is 6.54 Å². The van der Waals surface area contributed by atoms with Crippen molar-refractivity contribution in [3.05, 3.63) is 64.1 Å². The van der Waals surface area contributed by atoms with Crippen LogP contribution in [0.25, 0.3) is 10.8 Å². The third-order valence-corrected chi connectivity index (χ3v) is 5.02. The minimum atomic E-state index is -1.02. The van der Waals surface area contributed by atoms with E-state index in [9.17, 15) is 9.59 Å². The number of aromatic nitrogens is 1. The molecule has 1 heterocycles. The summed E-state index contributed by atoms with van der Waals surface area (Å²) in [5, 5.41) is 16.4. The maximum atomic E-state index is 11.9. The Morgan fingerprint density at radius 2 is 1.88 bits per heavy atom. The van der Waals surface area contributed by atoms with Gasteiger partial charge in [-0.15, -0.1) is 11.3 Å². The number of nitrogens with zero attached hydrogens (tertiary/aromatic N) is 1. The van der Waals surface area contributed by atoms with E-state index >= 15 is 0 Å². The summed E-state index contributed by atoms with van der Waals surface area (Å²) in [6.07, 6.45) is 2.69. The summed E-state index contributed by atoms with van der Waals surface area (Å²) in [4.78, 5) is 26.7. The first-order valence-electron chi connectivity index (χ1n) is 8.54. The molecule has 1 aromatic heterocycles. The second kappa shape index (κ2) is 8.58. The number of benzene rings is 2. The molecule has 0 unspecified atom stereocenters. The van der Waals surface area contributed by atoms with Gasteiger partial charge >= 0.3 is 5.97 Å². The van der Waals surface area contributed by atoms with Crippen LogP contribution in [0.3, 0.4) is 0 Å². The number of carboxylic acid groups (broad SMARTS) is 1. The third kappa shape index (κ3) is 4.89. The summed E-state index contributed by atoms with van der Waals surface area (Å²) in [7, 11) is 0. The number of hydrogen-bond donors (Lipinski definition) is 2. The molecule has 3 aromatic rings. The minimum absolute atomic E-state index is 0.0146. The number of rotatable bonds is 8. The molecule has 0 saturated carbocycles. The molecule has 0 aliphatic carbocycles. The molecule has 6 heteroatoms. The number of aromatic carboxylic acids is 1. The first kappa shape index (κ1) is 18.1. The highest BCUT2D eigenvalue weighted by molar-refractivity contribution is 7.09. The zero-order valence-electron chi connectivity index (χ0n) is 14.3. The van der Waals surface area contributed by atoms with Crippen LogP contribution in [0, 0.1) is 0 Å². The fourth-order valence-corrected chi connectivity index (χ4v) is 3.54. The number of aryl methyl sites for hydroxylation is 1. The molecule has 0 saturated heterocycles. The van der Waals surface area contributed by atoms with Crippen molar-refractivity contribution in [3.8, 4) is 0 Å². The van der Waals surface area contributed by atoms with Crippen LogP contribution in [0.5, 0.6) is 0 Å². The summed E-state index contributed by atoms with van der Waals surface area (Å²) in [5.41, 5.74) is 1.30. The molecule has 0 spiro atoms. The van der Waals surface area contributed by atoms with Crippen LogP contribution in [0.15, 0.2) is 47.8 Å². The van der Waals surface area contributed by atoms with Gasteiger partial charge in [-0.05, 0) is 29.2 Å². The largest absolute Gasteiger partial charge is 0.476 e.